The number of hydrogen-bond donors (Lipinski definition) is 1. The number of aromatic carboxylic acids is 1. The fraction of sp³-hybridized carbons (Fsp3) is 0. The van der Waals surface area contributed by atoms with E-state index >= 15 is 0 Å². The number of benzene rings is 1. The summed E-state index contributed by atoms with van der Waals surface area (Å²) in [5.74, 6) is -1.59. The Morgan fingerprint density at radius 3 is 2.72 bits per heavy atom. The van der Waals surface area contributed by atoms with Gasteiger partial charge in [-0.2, -0.15) is 0 Å². The number of ether oxygens (including phenoxy) is 1. The highest BCUT2D eigenvalue weighted by atomic mass is 79.9. The lowest BCUT2D eigenvalue weighted by Gasteiger charge is -2.06. The van der Waals surface area contributed by atoms with Crippen LogP contribution in [0.5, 0.6) is 11.6 Å². The standard InChI is InChI=1S/C11H6BrFN2O3/c12-7-5-6(1-2-8(7)13)18-10-9(11(16)17)14-3-4-15-10/h1-5H,(H,16,17). The molecule has 0 amide bonds. The summed E-state index contributed by atoms with van der Waals surface area (Å²) in [6.07, 6.45) is 2.55. The summed E-state index contributed by atoms with van der Waals surface area (Å²) in [6, 6.07) is 3.92. The smallest absolute Gasteiger partial charge is 0.360 e. The molecule has 0 fully saturated rings. The Bertz CT molecular complexity index is 607. The highest BCUT2D eigenvalue weighted by Gasteiger charge is 2.15. The summed E-state index contributed by atoms with van der Waals surface area (Å²) in [6.45, 7) is 0. The van der Waals surface area contributed by atoms with Gasteiger partial charge >= 0.3 is 5.97 Å². The second-order valence-corrected chi connectivity index (χ2v) is 4.05. The Balaban J connectivity index is 2.34. The van der Waals surface area contributed by atoms with Crippen molar-refractivity contribution in [3.05, 3.63) is 46.6 Å². The first kappa shape index (κ1) is 12.4. The van der Waals surface area contributed by atoms with E-state index in [1.807, 2.05) is 0 Å². The first-order valence-corrected chi connectivity index (χ1v) is 5.54. The molecule has 1 aromatic carbocycles. The van der Waals surface area contributed by atoms with Crippen LogP contribution >= 0.6 is 15.9 Å². The maximum atomic E-state index is 13.0. The van der Waals surface area contributed by atoms with Crippen molar-refractivity contribution >= 4 is 21.9 Å². The van der Waals surface area contributed by atoms with Gasteiger partial charge in [-0.05, 0) is 34.1 Å². The summed E-state index contributed by atoms with van der Waals surface area (Å²) in [4.78, 5) is 18.3. The molecular weight excluding hydrogens is 307 g/mol. The van der Waals surface area contributed by atoms with E-state index in [1.165, 1.54) is 30.6 Å². The molecule has 0 unspecified atom stereocenters. The van der Waals surface area contributed by atoms with Gasteiger partial charge in [-0.1, -0.05) is 0 Å². The molecule has 0 bridgehead atoms. The third-order valence-electron chi connectivity index (χ3n) is 1.97. The van der Waals surface area contributed by atoms with Crippen LogP contribution in [0.25, 0.3) is 0 Å². The fourth-order valence-corrected chi connectivity index (χ4v) is 1.56. The van der Waals surface area contributed by atoms with Crippen LogP contribution in [0.2, 0.25) is 0 Å². The second kappa shape index (κ2) is 5.09. The number of aromatic nitrogens is 2. The minimum absolute atomic E-state index is 0.150. The average molecular weight is 313 g/mol. The minimum atomic E-state index is -1.25. The summed E-state index contributed by atoms with van der Waals surface area (Å²) in [5.41, 5.74) is -0.307. The molecule has 5 nitrogen and oxygen atoms in total. The van der Waals surface area contributed by atoms with E-state index in [9.17, 15) is 9.18 Å². The van der Waals surface area contributed by atoms with E-state index in [1.54, 1.807) is 0 Å². The van der Waals surface area contributed by atoms with Crippen molar-refractivity contribution in [1.29, 1.82) is 0 Å². The Morgan fingerprint density at radius 1 is 1.33 bits per heavy atom. The van der Waals surface area contributed by atoms with Crippen molar-refractivity contribution in [3.8, 4) is 11.6 Å². The van der Waals surface area contributed by atoms with Gasteiger partial charge in [0.2, 0.25) is 5.69 Å². The largest absolute Gasteiger partial charge is 0.476 e. The van der Waals surface area contributed by atoms with Gasteiger partial charge in [0.05, 0.1) is 4.47 Å². The van der Waals surface area contributed by atoms with Crippen LogP contribution in [0.4, 0.5) is 4.39 Å². The molecule has 0 aliphatic carbocycles. The number of carbonyl (C=O) groups is 1. The van der Waals surface area contributed by atoms with E-state index in [4.69, 9.17) is 9.84 Å². The molecule has 1 heterocycles. The molecule has 0 saturated heterocycles. The SMILES string of the molecule is O=C(O)c1nccnc1Oc1ccc(F)c(Br)c1. The number of carboxylic acid groups (broad SMARTS) is 1. The Labute approximate surface area is 109 Å². The molecule has 18 heavy (non-hydrogen) atoms. The first-order chi connectivity index (χ1) is 8.58. The van der Waals surface area contributed by atoms with Crippen LogP contribution in [0, 0.1) is 5.82 Å². The topological polar surface area (TPSA) is 72.3 Å². The third kappa shape index (κ3) is 2.62. The Morgan fingerprint density at radius 2 is 2.06 bits per heavy atom. The molecule has 7 heteroatoms. The molecular formula is C11H6BrFN2O3. The molecule has 92 valence electrons. The summed E-state index contributed by atoms with van der Waals surface area (Å²) in [7, 11) is 0. The van der Waals surface area contributed by atoms with Gasteiger partial charge in [0.25, 0.3) is 5.88 Å². The minimum Gasteiger partial charge on any atom is -0.476 e. The normalized spacial score (nSPS) is 10.1. The maximum absolute atomic E-state index is 13.0. The molecule has 2 rings (SSSR count). The lowest BCUT2D eigenvalue weighted by atomic mass is 10.3. The molecule has 0 atom stereocenters. The van der Waals surface area contributed by atoms with Gasteiger partial charge in [-0.3, -0.25) is 0 Å². The predicted molar refractivity (Wildman–Crippen MR) is 63.2 cm³/mol. The van der Waals surface area contributed by atoms with Crippen molar-refractivity contribution in [2.24, 2.45) is 0 Å². The monoisotopic (exact) mass is 312 g/mol. The van der Waals surface area contributed by atoms with Gasteiger partial charge in [0.15, 0.2) is 0 Å². The van der Waals surface area contributed by atoms with Crippen molar-refractivity contribution < 1.29 is 19.0 Å². The fourth-order valence-electron chi connectivity index (χ4n) is 1.20. The molecule has 0 saturated carbocycles. The molecule has 1 N–H and O–H groups in total. The maximum Gasteiger partial charge on any atom is 0.360 e. The van der Waals surface area contributed by atoms with Crippen molar-refractivity contribution in [2.45, 2.75) is 0 Å². The predicted octanol–water partition coefficient (Wildman–Crippen LogP) is 2.87. The molecule has 2 aromatic rings. The molecule has 1 aromatic heterocycles. The van der Waals surface area contributed by atoms with Crippen LogP contribution < -0.4 is 4.74 Å². The van der Waals surface area contributed by atoms with Crippen LogP contribution in [0.3, 0.4) is 0 Å². The van der Waals surface area contributed by atoms with Crippen molar-refractivity contribution in [2.75, 3.05) is 0 Å². The van der Waals surface area contributed by atoms with Gasteiger partial charge in [-0.25, -0.2) is 19.2 Å². The van der Waals surface area contributed by atoms with Gasteiger partial charge in [0.1, 0.15) is 11.6 Å². The van der Waals surface area contributed by atoms with Gasteiger partial charge in [-0.15, -0.1) is 0 Å². The highest BCUT2D eigenvalue weighted by molar-refractivity contribution is 9.10. The van der Waals surface area contributed by atoms with Crippen LogP contribution in [-0.4, -0.2) is 21.0 Å². The quantitative estimate of drug-likeness (QED) is 0.943. The zero-order valence-corrected chi connectivity index (χ0v) is 10.4. The van der Waals surface area contributed by atoms with E-state index in [0.717, 1.165) is 0 Å². The number of halogens is 2. The summed E-state index contributed by atoms with van der Waals surface area (Å²) >= 11 is 3.00. The summed E-state index contributed by atoms with van der Waals surface area (Å²) in [5, 5.41) is 8.89. The molecule has 0 spiro atoms. The lowest BCUT2D eigenvalue weighted by Crippen LogP contribution is -2.04. The lowest BCUT2D eigenvalue weighted by molar-refractivity contribution is 0.0686. The Kier molecular flexibility index (Phi) is 3.52. The number of nitrogens with zero attached hydrogens (tertiary/aromatic N) is 2. The Hall–Kier alpha value is -2.02. The van der Waals surface area contributed by atoms with Crippen LogP contribution in [-0.2, 0) is 0 Å². The summed E-state index contributed by atoms with van der Waals surface area (Å²) < 4.78 is 18.5. The van der Waals surface area contributed by atoms with E-state index in [2.05, 4.69) is 25.9 Å². The van der Waals surface area contributed by atoms with Crippen LogP contribution in [0.1, 0.15) is 10.5 Å². The average Bonchev–Trinajstić information content (AvgIpc) is 2.34. The zero-order valence-electron chi connectivity index (χ0n) is 8.80. The zero-order chi connectivity index (χ0) is 13.1. The number of rotatable bonds is 3. The first-order valence-electron chi connectivity index (χ1n) is 4.75. The number of hydrogen-bond acceptors (Lipinski definition) is 4. The van der Waals surface area contributed by atoms with Gasteiger partial charge < -0.3 is 9.84 Å². The number of carboxylic acids is 1. The van der Waals surface area contributed by atoms with Gasteiger partial charge in [0, 0.05) is 12.4 Å². The van der Waals surface area contributed by atoms with Crippen molar-refractivity contribution in [1.82, 2.24) is 9.97 Å². The third-order valence-corrected chi connectivity index (χ3v) is 2.58. The van der Waals surface area contributed by atoms with Crippen LogP contribution in [0.15, 0.2) is 35.1 Å². The van der Waals surface area contributed by atoms with E-state index < -0.39 is 11.8 Å². The van der Waals surface area contributed by atoms with E-state index in [-0.39, 0.29) is 21.8 Å². The van der Waals surface area contributed by atoms with Crippen molar-refractivity contribution in [3.63, 3.8) is 0 Å². The van der Waals surface area contributed by atoms with E-state index in [0.29, 0.717) is 0 Å². The molecule has 0 aliphatic rings. The second-order valence-electron chi connectivity index (χ2n) is 3.19. The molecule has 0 radical (unpaired) electrons. The highest BCUT2D eigenvalue weighted by Crippen LogP contribution is 2.26. The molecule has 0 aliphatic heterocycles.